The van der Waals surface area contributed by atoms with Gasteiger partial charge in [-0.25, -0.2) is 0 Å². The molecule has 0 bridgehead atoms. The first-order valence-electron chi connectivity index (χ1n) is 10.9. The highest BCUT2D eigenvalue weighted by Crippen LogP contribution is 2.16. The maximum Gasteiger partial charge on any atom is 0.102 e. The van der Waals surface area contributed by atoms with Crippen LogP contribution >= 0.6 is 0 Å². The molecule has 0 aromatic carbocycles. The number of allylic oxidation sites excluding steroid dienone is 2. The standard InChI is InChI=1S/C22H42N2O/c1-2-3-4-5-6-7-8-9-10-11-12-13-14-15-16-17-22-23-18-19-24(22)20-21-25/h7-8,18,22,25H,2-6,9-17,19-21H2,1H3/b8-7+. The van der Waals surface area contributed by atoms with E-state index in [0.29, 0.717) is 6.17 Å². The zero-order valence-corrected chi connectivity index (χ0v) is 16.7. The number of aliphatic imine (C=N–C) groups is 1. The molecule has 146 valence electrons. The predicted octanol–water partition coefficient (Wildman–Crippen LogP) is 5.73. The highest BCUT2D eigenvalue weighted by atomic mass is 16.3. The monoisotopic (exact) mass is 350 g/mol. The maximum atomic E-state index is 9.05. The van der Waals surface area contributed by atoms with Crippen molar-refractivity contribution < 1.29 is 5.11 Å². The summed E-state index contributed by atoms with van der Waals surface area (Å²) < 4.78 is 0. The van der Waals surface area contributed by atoms with Gasteiger partial charge >= 0.3 is 0 Å². The Morgan fingerprint density at radius 1 is 0.920 bits per heavy atom. The molecular formula is C22H42N2O. The van der Waals surface area contributed by atoms with Crippen LogP contribution in [-0.2, 0) is 0 Å². The largest absolute Gasteiger partial charge is 0.395 e. The van der Waals surface area contributed by atoms with Crippen LogP contribution < -0.4 is 0 Å². The van der Waals surface area contributed by atoms with Crippen molar-refractivity contribution in [3.05, 3.63) is 12.2 Å². The fraction of sp³-hybridized carbons (Fsp3) is 0.864. The zero-order chi connectivity index (χ0) is 18.0. The molecule has 1 atom stereocenters. The van der Waals surface area contributed by atoms with E-state index in [0.717, 1.165) is 19.5 Å². The summed E-state index contributed by atoms with van der Waals surface area (Å²) in [5.74, 6) is 0. The van der Waals surface area contributed by atoms with Crippen LogP contribution in [0.15, 0.2) is 17.1 Å². The van der Waals surface area contributed by atoms with E-state index in [1.807, 2.05) is 6.21 Å². The number of aliphatic hydroxyl groups is 1. The molecule has 0 aliphatic carbocycles. The molecule has 1 unspecified atom stereocenters. The van der Waals surface area contributed by atoms with Gasteiger partial charge in [-0.05, 0) is 38.5 Å². The molecule has 0 aromatic rings. The number of aliphatic hydroxyl groups excluding tert-OH is 1. The molecule has 0 amide bonds. The molecule has 1 aliphatic heterocycles. The molecule has 0 spiro atoms. The van der Waals surface area contributed by atoms with Crippen LogP contribution in [-0.4, -0.2) is 42.1 Å². The SMILES string of the molecule is CCCCCC/C=C/CCCCCCCCCC1N=CCN1CCO. The first-order chi connectivity index (χ1) is 12.4. The van der Waals surface area contributed by atoms with Crippen molar-refractivity contribution in [2.45, 2.75) is 103 Å². The van der Waals surface area contributed by atoms with E-state index in [1.54, 1.807) is 0 Å². The van der Waals surface area contributed by atoms with Crippen LogP contribution in [0.3, 0.4) is 0 Å². The van der Waals surface area contributed by atoms with Crippen LogP contribution in [0.2, 0.25) is 0 Å². The molecule has 0 aromatic heterocycles. The molecule has 1 N–H and O–H groups in total. The molecule has 1 rings (SSSR count). The van der Waals surface area contributed by atoms with Gasteiger partial charge in [-0.2, -0.15) is 0 Å². The zero-order valence-electron chi connectivity index (χ0n) is 16.7. The number of hydrogen-bond donors (Lipinski definition) is 1. The normalized spacial score (nSPS) is 17.9. The lowest BCUT2D eigenvalue weighted by Crippen LogP contribution is -2.32. The Balaban J connectivity index is 1.80. The van der Waals surface area contributed by atoms with Gasteiger partial charge in [0.05, 0.1) is 6.61 Å². The van der Waals surface area contributed by atoms with E-state index in [9.17, 15) is 0 Å². The molecule has 0 saturated heterocycles. The topological polar surface area (TPSA) is 35.8 Å². The van der Waals surface area contributed by atoms with Gasteiger partial charge in [-0.3, -0.25) is 9.89 Å². The highest BCUT2D eigenvalue weighted by molar-refractivity contribution is 5.62. The predicted molar refractivity (Wildman–Crippen MR) is 110 cm³/mol. The minimum absolute atomic E-state index is 0.244. The molecule has 0 radical (unpaired) electrons. The van der Waals surface area contributed by atoms with Crippen LogP contribution in [0.1, 0.15) is 96.8 Å². The minimum atomic E-state index is 0.244. The third kappa shape index (κ3) is 12.3. The van der Waals surface area contributed by atoms with Crippen LogP contribution in [0.5, 0.6) is 0 Å². The van der Waals surface area contributed by atoms with Crippen molar-refractivity contribution in [1.82, 2.24) is 4.90 Å². The number of nitrogens with zero attached hydrogens (tertiary/aromatic N) is 2. The van der Waals surface area contributed by atoms with Crippen molar-refractivity contribution in [3.63, 3.8) is 0 Å². The van der Waals surface area contributed by atoms with Crippen molar-refractivity contribution >= 4 is 6.21 Å². The Bertz CT molecular complexity index is 341. The lowest BCUT2D eigenvalue weighted by molar-refractivity contribution is 0.176. The van der Waals surface area contributed by atoms with Gasteiger partial charge in [0.1, 0.15) is 6.17 Å². The summed E-state index contributed by atoms with van der Waals surface area (Å²) in [5, 5.41) is 9.05. The summed E-state index contributed by atoms with van der Waals surface area (Å²) >= 11 is 0. The number of unbranched alkanes of at least 4 members (excludes halogenated alkanes) is 11. The Morgan fingerprint density at radius 3 is 2.16 bits per heavy atom. The molecule has 3 heteroatoms. The summed E-state index contributed by atoms with van der Waals surface area (Å²) in [4.78, 5) is 6.80. The minimum Gasteiger partial charge on any atom is -0.395 e. The van der Waals surface area contributed by atoms with E-state index >= 15 is 0 Å². The van der Waals surface area contributed by atoms with E-state index in [-0.39, 0.29) is 6.61 Å². The molecule has 1 aliphatic rings. The summed E-state index contributed by atoms with van der Waals surface area (Å²) in [5.41, 5.74) is 0. The Hall–Kier alpha value is -0.670. The number of rotatable bonds is 17. The summed E-state index contributed by atoms with van der Waals surface area (Å²) in [6.45, 7) is 4.19. The van der Waals surface area contributed by atoms with Crippen LogP contribution in [0, 0.1) is 0 Å². The van der Waals surface area contributed by atoms with Crippen molar-refractivity contribution in [2.24, 2.45) is 4.99 Å². The average molecular weight is 351 g/mol. The second-order valence-electron chi connectivity index (χ2n) is 7.40. The van der Waals surface area contributed by atoms with Gasteiger partial charge in [0.25, 0.3) is 0 Å². The lowest BCUT2D eigenvalue weighted by Gasteiger charge is -2.21. The molecule has 0 fully saturated rings. The number of β-amino-alcohol motifs (C(OH)–C–C–N with tert-alkyl or cyclic N) is 1. The van der Waals surface area contributed by atoms with Gasteiger partial charge in [0.15, 0.2) is 0 Å². The number of hydrogen-bond acceptors (Lipinski definition) is 3. The highest BCUT2D eigenvalue weighted by Gasteiger charge is 2.19. The van der Waals surface area contributed by atoms with Gasteiger partial charge in [-0.1, -0.05) is 70.4 Å². The van der Waals surface area contributed by atoms with Crippen molar-refractivity contribution in [3.8, 4) is 0 Å². The van der Waals surface area contributed by atoms with Gasteiger partial charge in [0, 0.05) is 19.3 Å². The molecular weight excluding hydrogens is 308 g/mol. The van der Waals surface area contributed by atoms with E-state index < -0.39 is 0 Å². The lowest BCUT2D eigenvalue weighted by atomic mass is 10.1. The Morgan fingerprint density at radius 2 is 1.52 bits per heavy atom. The summed E-state index contributed by atoms with van der Waals surface area (Å²) in [6.07, 6.45) is 25.8. The summed E-state index contributed by atoms with van der Waals surface area (Å²) in [6, 6.07) is 0. The molecule has 3 nitrogen and oxygen atoms in total. The van der Waals surface area contributed by atoms with Crippen LogP contribution in [0.25, 0.3) is 0 Å². The average Bonchev–Trinajstić information content (AvgIpc) is 3.06. The third-order valence-corrected chi connectivity index (χ3v) is 5.13. The summed E-state index contributed by atoms with van der Waals surface area (Å²) in [7, 11) is 0. The Labute approximate surface area is 156 Å². The van der Waals surface area contributed by atoms with Crippen molar-refractivity contribution in [2.75, 3.05) is 19.7 Å². The fourth-order valence-electron chi connectivity index (χ4n) is 3.51. The van der Waals surface area contributed by atoms with Gasteiger partial charge in [0.2, 0.25) is 0 Å². The third-order valence-electron chi connectivity index (χ3n) is 5.13. The van der Waals surface area contributed by atoms with Crippen molar-refractivity contribution in [1.29, 1.82) is 0 Å². The smallest absolute Gasteiger partial charge is 0.102 e. The molecule has 25 heavy (non-hydrogen) atoms. The Kier molecular flexibility index (Phi) is 15.0. The van der Waals surface area contributed by atoms with E-state index in [2.05, 4.69) is 29.0 Å². The first-order valence-corrected chi connectivity index (χ1v) is 10.9. The molecule has 0 saturated carbocycles. The van der Waals surface area contributed by atoms with E-state index in [1.165, 1.54) is 83.5 Å². The van der Waals surface area contributed by atoms with Gasteiger partial charge in [-0.15, -0.1) is 0 Å². The fourth-order valence-corrected chi connectivity index (χ4v) is 3.51. The maximum absolute atomic E-state index is 9.05. The second-order valence-corrected chi connectivity index (χ2v) is 7.40. The van der Waals surface area contributed by atoms with E-state index in [4.69, 9.17) is 5.11 Å². The van der Waals surface area contributed by atoms with Crippen LogP contribution in [0.4, 0.5) is 0 Å². The quantitative estimate of drug-likeness (QED) is 0.269. The van der Waals surface area contributed by atoms with Gasteiger partial charge < -0.3 is 5.11 Å². The first kappa shape index (κ1) is 22.4. The molecule has 1 heterocycles. The second kappa shape index (κ2) is 16.8.